The molecule has 1 saturated heterocycles. The number of nitrogens with zero attached hydrogens (tertiary/aromatic N) is 1. The molecule has 12 nitrogen and oxygen atoms in total. The number of rotatable bonds is 14. The van der Waals surface area contributed by atoms with Crippen LogP contribution in [0.5, 0.6) is 0 Å². The van der Waals surface area contributed by atoms with Gasteiger partial charge in [-0.1, -0.05) is 72.8 Å². The number of urea groups is 1. The Bertz CT molecular complexity index is 1350. The van der Waals surface area contributed by atoms with E-state index >= 15 is 0 Å². The van der Waals surface area contributed by atoms with Gasteiger partial charge in [0.15, 0.2) is 9.84 Å². The van der Waals surface area contributed by atoms with Crippen molar-refractivity contribution in [2.24, 2.45) is 23.2 Å². The van der Waals surface area contributed by atoms with E-state index in [9.17, 15) is 32.4 Å². The maximum atomic E-state index is 14.4. The van der Waals surface area contributed by atoms with E-state index in [1.165, 1.54) is 11.0 Å². The highest BCUT2D eigenvalue weighted by molar-refractivity contribution is 7.92. The predicted octanol–water partition coefficient (Wildman–Crippen LogP) is 3.65. The molecule has 5 amide bonds. The van der Waals surface area contributed by atoms with Crippen LogP contribution in [0.2, 0.25) is 0 Å². The smallest absolute Gasteiger partial charge is 0.315 e. The summed E-state index contributed by atoms with van der Waals surface area (Å²) in [5, 5.41) is 11.2. The Morgan fingerprint density at radius 3 is 2.08 bits per heavy atom. The summed E-state index contributed by atoms with van der Waals surface area (Å²) >= 11 is 0. The Morgan fingerprint density at radius 1 is 0.959 bits per heavy atom. The van der Waals surface area contributed by atoms with Gasteiger partial charge in [0.1, 0.15) is 12.1 Å². The molecule has 0 aromatic rings. The molecule has 49 heavy (non-hydrogen) atoms. The third-order valence-corrected chi connectivity index (χ3v) is 13.2. The van der Waals surface area contributed by atoms with E-state index in [0.717, 1.165) is 32.1 Å². The van der Waals surface area contributed by atoms with Crippen LogP contribution in [0.15, 0.2) is 12.7 Å². The summed E-state index contributed by atoms with van der Waals surface area (Å²) in [7, 11) is -3.56. The quantitative estimate of drug-likeness (QED) is 0.158. The van der Waals surface area contributed by atoms with Crippen molar-refractivity contribution in [1.29, 1.82) is 0 Å². The van der Waals surface area contributed by atoms with Crippen LogP contribution in [0, 0.1) is 23.2 Å². The number of nitrogens with one attached hydrogen (secondary N) is 4. The number of sulfone groups is 1. The van der Waals surface area contributed by atoms with E-state index < -0.39 is 73.2 Å². The fraction of sp³-hybridized carbons (Fsp3) is 0.806. The normalized spacial score (nSPS) is 22.5. The molecule has 0 aromatic heterocycles. The predicted molar refractivity (Wildman–Crippen MR) is 190 cm³/mol. The molecule has 278 valence electrons. The van der Waals surface area contributed by atoms with E-state index in [0.29, 0.717) is 32.2 Å². The lowest BCUT2D eigenvalue weighted by molar-refractivity contribution is -0.143. The summed E-state index contributed by atoms with van der Waals surface area (Å²) < 4.78 is 25.6. The van der Waals surface area contributed by atoms with Gasteiger partial charge in [0.05, 0.1) is 22.1 Å². The number of likely N-dealkylation sites (tertiary alicyclic amines) is 1. The minimum atomic E-state index is -3.56. The molecule has 13 heteroatoms. The number of hydrogen-bond donors (Lipinski definition) is 4. The van der Waals surface area contributed by atoms with Gasteiger partial charge in [-0.3, -0.25) is 19.2 Å². The van der Waals surface area contributed by atoms with Gasteiger partial charge < -0.3 is 26.2 Å². The first-order valence-corrected chi connectivity index (χ1v) is 19.6. The molecule has 1 aliphatic heterocycles. The average molecular weight is 708 g/mol. The Hall–Kier alpha value is -2.96. The van der Waals surface area contributed by atoms with Crippen LogP contribution >= 0.6 is 0 Å². The maximum Gasteiger partial charge on any atom is 0.315 e. The lowest BCUT2D eigenvalue weighted by atomic mass is 9.83. The van der Waals surface area contributed by atoms with Crippen molar-refractivity contribution < 1.29 is 32.4 Å². The second-order valence-corrected chi connectivity index (χ2v) is 19.7. The zero-order chi connectivity index (χ0) is 36.9. The molecule has 4 N–H and O–H groups in total. The molecular weight excluding hydrogens is 646 g/mol. The third-order valence-electron chi connectivity index (χ3n) is 10.4. The molecule has 1 heterocycles. The van der Waals surface area contributed by atoms with Crippen molar-refractivity contribution in [3.8, 4) is 0 Å². The van der Waals surface area contributed by atoms with E-state index in [-0.39, 0.29) is 30.1 Å². The molecule has 4 atom stereocenters. The van der Waals surface area contributed by atoms with Gasteiger partial charge in [-0.15, -0.1) is 6.58 Å². The number of carbonyl (C=O) groups excluding carboxylic acids is 5. The first-order valence-electron chi connectivity index (χ1n) is 18.0. The summed E-state index contributed by atoms with van der Waals surface area (Å²) in [5.74, 6) is -2.25. The molecule has 3 aliphatic rings. The van der Waals surface area contributed by atoms with Crippen LogP contribution in [0.3, 0.4) is 0 Å². The van der Waals surface area contributed by atoms with Crippen molar-refractivity contribution >= 4 is 39.4 Å². The van der Waals surface area contributed by atoms with Crippen molar-refractivity contribution in [3.05, 3.63) is 12.7 Å². The highest BCUT2D eigenvalue weighted by Crippen LogP contribution is 2.36. The standard InChI is InChI=1S/C36H61N5O7S/c1-10-18-37-31(44)28(42)26(19-24-14-15-24)38-30(43)27-20-25(23(2)3)21-41(27)32(45)29(34(4,5)6)39-33(46)40-36(16-12-11-13-17-36)22-49(47,48)35(7,8)9/h10,23-27,29H,1,11-22H2,2-9H3,(H,37,44)(H,38,43)(H2,39,40,46)/t25-,26+,27+,29-/m1/s1. The largest absolute Gasteiger partial charge is 0.346 e. The van der Waals surface area contributed by atoms with E-state index in [2.05, 4.69) is 27.8 Å². The Balaban J connectivity index is 1.85. The maximum absolute atomic E-state index is 14.4. The highest BCUT2D eigenvalue weighted by atomic mass is 32.2. The SMILES string of the molecule is C=CCNC(=O)C(=O)[C@H](CC1CC1)NC(=O)[C@@H]1C[C@@H](C(C)C)CN1C(=O)[C@@H](NC(=O)NC1(CS(=O)(=O)C(C)(C)C)CCCCC1)C(C)(C)C. The van der Waals surface area contributed by atoms with Crippen molar-refractivity contribution in [2.75, 3.05) is 18.8 Å². The van der Waals surface area contributed by atoms with Crippen molar-refractivity contribution in [2.45, 2.75) is 142 Å². The minimum Gasteiger partial charge on any atom is -0.346 e. The Kier molecular flexibility index (Phi) is 13.2. The topological polar surface area (TPSA) is 171 Å². The lowest BCUT2D eigenvalue weighted by Gasteiger charge is -2.41. The molecule has 0 aromatic carbocycles. The summed E-state index contributed by atoms with van der Waals surface area (Å²) in [5.41, 5.74) is -1.73. The van der Waals surface area contributed by atoms with Crippen LogP contribution in [0.25, 0.3) is 0 Å². The van der Waals surface area contributed by atoms with E-state index in [1.54, 1.807) is 20.8 Å². The highest BCUT2D eigenvalue weighted by Gasteiger charge is 2.48. The molecule has 0 spiro atoms. The zero-order valence-electron chi connectivity index (χ0n) is 30.9. The van der Waals surface area contributed by atoms with Gasteiger partial charge >= 0.3 is 6.03 Å². The molecule has 2 aliphatic carbocycles. The second kappa shape index (κ2) is 15.9. The number of amides is 5. The van der Waals surface area contributed by atoms with Gasteiger partial charge in [0.2, 0.25) is 17.6 Å². The molecule has 3 rings (SSSR count). The minimum absolute atomic E-state index is 0.00395. The number of Topliss-reactive ketones (excluding diaryl/α,β-unsaturated/α-hetero) is 1. The monoisotopic (exact) mass is 707 g/mol. The lowest BCUT2D eigenvalue weighted by Crippen LogP contribution is -2.63. The van der Waals surface area contributed by atoms with Crippen molar-refractivity contribution in [1.82, 2.24) is 26.2 Å². The van der Waals surface area contributed by atoms with Crippen LogP contribution in [-0.4, -0.2) is 90.1 Å². The summed E-state index contributed by atoms with van der Waals surface area (Å²) in [6, 6.07) is -3.58. The Labute approximate surface area is 293 Å². The van der Waals surface area contributed by atoms with Gasteiger partial charge in [-0.2, -0.15) is 0 Å². The third kappa shape index (κ3) is 10.8. The first kappa shape index (κ1) is 40.5. The van der Waals surface area contributed by atoms with Crippen molar-refractivity contribution in [3.63, 3.8) is 0 Å². The molecular formula is C36H61N5O7S. The number of ketones is 1. The number of carbonyl (C=O) groups is 5. The zero-order valence-corrected chi connectivity index (χ0v) is 31.8. The van der Waals surface area contributed by atoms with Gasteiger partial charge in [0.25, 0.3) is 5.91 Å². The molecule has 3 fully saturated rings. The average Bonchev–Trinajstić information content (AvgIpc) is 3.69. The van der Waals surface area contributed by atoms with E-state index in [1.807, 2.05) is 34.6 Å². The molecule has 2 saturated carbocycles. The second-order valence-electron chi connectivity index (χ2n) is 17.0. The van der Waals surface area contributed by atoms with Gasteiger partial charge in [-0.05, 0) is 69.6 Å². The van der Waals surface area contributed by atoms with E-state index in [4.69, 9.17) is 0 Å². The summed E-state index contributed by atoms with van der Waals surface area (Å²) in [6.45, 7) is 18.5. The summed E-state index contributed by atoms with van der Waals surface area (Å²) in [4.78, 5) is 69.3. The molecule has 0 radical (unpaired) electrons. The molecule has 0 unspecified atom stereocenters. The van der Waals surface area contributed by atoms with Crippen LogP contribution in [0.4, 0.5) is 4.79 Å². The fourth-order valence-electron chi connectivity index (χ4n) is 6.78. The van der Waals surface area contributed by atoms with Gasteiger partial charge in [-0.25, -0.2) is 13.2 Å². The summed E-state index contributed by atoms with van der Waals surface area (Å²) in [6.07, 6.45) is 7.57. The fourth-order valence-corrected chi connectivity index (χ4v) is 8.30. The number of hydrogen-bond acceptors (Lipinski definition) is 7. The van der Waals surface area contributed by atoms with Gasteiger partial charge in [0, 0.05) is 13.1 Å². The first-order chi connectivity index (χ1) is 22.6. The van der Waals surface area contributed by atoms with Crippen LogP contribution in [0.1, 0.15) is 113 Å². The van der Waals surface area contributed by atoms with Crippen LogP contribution in [-0.2, 0) is 29.0 Å². The molecule has 0 bridgehead atoms. The Morgan fingerprint density at radius 2 is 1.57 bits per heavy atom. The van der Waals surface area contributed by atoms with Crippen LogP contribution < -0.4 is 21.3 Å².